The Bertz CT molecular complexity index is 172. The van der Waals surface area contributed by atoms with Crippen LogP contribution in [0.1, 0.15) is 58.8 Å². The fourth-order valence-electron chi connectivity index (χ4n) is 1.74. The highest BCUT2D eigenvalue weighted by Crippen LogP contribution is 2.17. The van der Waals surface area contributed by atoms with E-state index in [1.807, 2.05) is 6.92 Å². The summed E-state index contributed by atoms with van der Waals surface area (Å²) in [4.78, 5) is 0. The van der Waals surface area contributed by atoms with Crippen LogP contribution >= 0.6 is 0 Å². The van der Waals surface area contributed by atoms with Crippen LogP contribution in [0.5, 0.6) is 0 Å². The van der Waals surface area contributed by atoms with Gasteiger partial charge in [-0.15, -0.1) is 0 Å². The Morgan fingerprint density at radius 1 is 0.700 bits per heavy atom. The molecule has 0 rings (SSSR count). The number of nitrogens with two attached hydrogens (primary N) is 2. The third kappa shape index (κ3) is 11.6. The molecule has 5 nitrogen and oxygen atoms in total. The van der Waals surface area contributed by atoms with E-state index in [-0.39, 0.29) is 0 Å². The molecule has 0 atom stereocenters. The van der Waals surface area contributed by atoms with E-state index in [2.05, 4.69) is 6.92 Å². The Morgan fingerprint density at radius 3 is 1.45 bits per heavy atom. The molecule has 0 amide bonds. The van der Waals surface area contributed by atoms with Gasteiger partial charge >= 0.3 is 0 Å². The summed E-state index contributed by atoms with van der Waals surface area (Å²) >= 11 is 0. The molecule has 0 bridgehead atoms. The van der Waals surface area contributed by atoms with Gasteiger partial charge in [-0.1, -0.05) is 19.8 Å². The van der Waals surface area contributed by atoms with Gasteiger partial charge in [0.2, 0.25) is 0 Å². The standard InChI is InChI=1S/C15H34N2O3/c1-3-4-7-12-18-15(2,19-13-8-5-10-16)20-14-9-6-11-17/h3-14,16-17H2,1-2H3. The average Bonchev–Trinajstić information content (AvgIpc) is 2.45. The van der Waals surface area contributed by atoms with Crippen LogP contribution < -0.4 is 11.5 Å². The van der Waals surface area contributed by atoms with Gasteiger partial charge in [0.05, 0.1) is 19.8 Å². The molecular formula is C15H34N2O3. The fourth-order valence-corrected chi connectivity index (χ4v) is 1.74. The van der Waals surface area contributed by atoms with Gasteiger partial charge < -0.3 is 25.7 Å². The van der Waals surface area contributed by atoms with Crippen molar-refractivity contribution in [3.05, 3.63) is 0 Å². The number of hydrogen-bond acceptors (Lipinski definition) is 5. The second-order valence-corrected chi connectivity index (χ2v) is 5.11. The maximum Gasteiger partial charge on any atom is 0.279 e. The molecule has 5 heteroatoms. The van der Waals surface area contributed by atoms with Crippen molar-refractivity contribution < 1.29 is 14.2 Å². The Labute approximate surface area is 124 Å². The predicted octanol–water partition coefficient (Wildman–Crippen LogP) is 2.38. The fraction of sp³-hybridized carbons (Fsp3) is 1.00. The third-order valence-electron chi connectivity index (χ3n) is 3.04. The molecule has 0 saturated heterocycles. The zero-order valence-corrected chi connectivity index (χ0v) is 13.4. The van der Waals surface area contributed by atoms with E-state index in [1.54, 1.807) is 0 Å². The normalized spacial score (nSPS) is 12.0. The minimum Gasteiger partial charge on any atom is -0.330 e. The van der Waals surface area contributed by atoms with Crippen molar-refractivity contribution in [2.24, 2.45) is 11.5 Å². The first-order chi connectivity index (χ1) is 9.68. The first-order valence-electron chi connectivity index (χ1n) is 8.00. The van der Waals surface area contributed by atoms with Crippen LogP contribution in [0.25, 0.3) is 0 Å². The van der Waals surface area contributed by atoms with Crippen molar-refractivity contribution in [3.63, 3.8) is 0 Å². The van der Waals surface area contributed by atoms with Crippen molar-refractivity contribution in [2.45, 2.75) is 64.8 Å². The van der Waals surface area contributed by atoms with Crippen LogP contribution in [0.2, 0.25) is 0 Å². The van der Waals surface area contributed by atoms with Crippen LogP contribution in [0.15, 0.2) is 0 Å². The minimum atomic E-state index is -0.934. The van der Waals surface area contributed by atoms with E-state index < -0.39 is 5.97 Å². The van der Waals surface area contributed by atoms with Crippen molar-refractivity contribution in [1.29, 1.82) is 0 Å². The van der Waals surface area contributed by atoms with Crippen molar-refractivity contribution >= 4 is 0 Å². The summed E-state index contributed by atoms with van der Waals surface area (Å²) in [6, 6.07) is 0. The van der Waals surface area contributed by atoms with E-state index >= 15 is 0 Å². The Balaban J connectivity index is 3.98. The number of rotatable bonds is 15. The lowest BCUT2D eigenvalue weighted by Crippen LogP contribution is -2.37. The Kier molecular flexibility index (Phi) is 13.6. The number of hydrogen-bond donors (Lipinski definition) is 2. The van der Waals surface area contributed by atoms with Gasteiger partial charge in [0.15, 0.2) is 0 Å². The summed E-state index contributed by atoms with van der Waals surface area (Å²) in [5.41, 5.74) is 11.0. The molecular weight excluding hydrogens is 256 g/mol. The van der Waals surface area contributed by atoms with E-state index in [0.717, 1.165) is 38.5 Å². The topological polar surface area (TPSA) is 79.7 Å². The molecule has 0 fully saturated rings. The molecule has 122 valence electrons. The highest BCUT2D eigenvalue weighted by Gasteiger charge is 2.26. The number of ether oxygens (including phenoxy) is 3. The van der Waals surface area contributed by atoms with Gasteiger partial charge in [0.1, 0.15) is 0 Å². The van der Waals surface area contributed by atoms with Gasteiger partial charge in [-0.2, -0.15) is 0 Å². The third-order valence-corrected chi connectivity index (χ3v) is 3.04. The van der Waals surface area contributed by atoms with Gasteiger partial charge in [-0.25, -0.2) is 0 Å². The second-order valence-electron chi connectivity index (χ2n) is 5.11. The summed E-state index contributed by atoms with van der Waals surface area (Å²) < 4.78 is 17.3. The quantitative estimate of drug-likeness (QED) is 0.357. The number of unbranched alkanes of at least 4 members (excludes halogenated alkanes) is 4. The van der Waals surface area contributed by atoms with Crippen LogP contribution in [-0.2, 0) is 14.2 Å². The van der Waals surface area contributed by atoms with E-state index in [4.69, 9.17) is 25.7 Å². The summed E-state index contributed by atoms with van der Waals surface area (Å²) in [7, 11) is 0. The van der Waals surface area contributed by atoms with Crippen molar-refractivity contribution in [3.8, 4) is 0 Å². The molecule has 0 aliphatic rings. The van der Waals surface area contributed by atoms with E-state index in [9.17, 15) is 0 Å². The molecule has 4 N–H and O–H groups in total. The molecule has 0 saturated carbocycles. The lowest BCUT2D eigenvalue weighted by atomic mass is 10.3. The van der Waals surface area contributed by atoms with Gasteiger partial charge in [-0.3, -0.25) is 0 Å². The molecule has 0 radical (unpaired) electrons. The molecule has 20 heavy (non-hydrogen) atoms. The van der Waals surface area contributed by atoms with Crippen LogP contribution in [0.3, 0.4) is 0 Å². The van der Waals surface area contributed by atoms with Crippen molar-refractivity contribution in [1.82, 2.24) is 0 Å². The van der Waals surface area contributed by atoms with Crippen molar-refractivity contribution in [2.75, 3.05) is 32.9 Å². The Hall–Kier alpha value is -0.200. The van der Waals surface area contributed by atoms with Gasteiger partial charge in [0, 0.05) is 6.92 Å². The average molecular weight is 290 g/mol. The smallest absolute Gasteiger partial charge is 0.279 e. The lowest BCUT2D eigenvalue weighted by Gasteiger charge is -2.30. The highest BCUT2D eigenvalue weighted by atomic mass is 16.9. The highest BCUT2D eigenvalue weighted by molar-refractivity contribution is 4.52. The predicted molar refractivity (Wildman–Crippen MR) is 82.4 cm³/mol. The Morgan fingerprint density at radius 2 is 1.10 bits per heavy atom. The summed E-state index contributed by atoms with van der Waals surface area (Å²) in [6.45, 7) is 7.29. The zero-order valence-electron chi connectivity index (χ0n) is 13.4. The zero-order chi connectivity index (χ0) is 15.1. The lowest BCUT2D eigenvalue weighted by molar-refractivity contribution is -0.370. The van der Waals surface area contributed by atoms with Crippen LogP contribution in [-0.4, -0.2) is 38.9 Å². The molecule has 0 spiro atoms. The summed E-state index contributed by atoms with van der Waals surface area (Å²) in [6.07, 6.45) is 7.14. The van der Waals surface area contributed by atoms with Gasteiger partial charge in [-0.05, 0) is 45.2 Å². The molecule has 0 unspecified atom stereocenters. The second kappa shape index (κ2) is 13.8. The minimum absolute atomic E-state index is 0.609. The molecule has 0 aliphatic heterocycles. The van der Waals surface area contributed by atoms with E-state index in [1.165, 1.54) is 6.42 Å². The van der Waals surface area contributed by atoms with Crippen LogP contribution in [0, 0.1) is 0 Å². The van der Waals surface area contributed by atoms with E-state index in [0.29, 0.717) is 32.9 Å². The van der Waals surface area contributed by atoms with Crippen LogP contribution in [0.4, 0.5) is 0 Å². The summed E-state index contributed by atoms with van der Waals surface area (Å²) in [5, 5.41) is 0. The van der Waals surface area contributed by atoms with Gasteiger partial charge in [0.25, 0.3) is 5.97 Å². The molecule has 0 heterocycles. The summed E-state index contributed by atoms with van der Waals surface area (Å²) in [5.74, 6) is -0.934. The first-order valence-corrected chi connectivity index (χ1v) is 8.00. The molecule has 0 aromatic rings. The maximum atomic E-state index is 5.79. The first kappa shape index (κ1) is 19.8. The SMILES string of the molecule is CCCCCOC(C)(OCCCCN)OCCCCN. The maximum absolute atomic E-state index is 5.79. The monoisotopic (exact) mass is 290 g/mol. The molecule has 0 aromatic heterocycles. The largest absolute Gasteiger partial charge is 0.330 e. The molecule has 0 aromatic carbocycles. The molecule has 0 aliphatic carbocycles.